The first kappa shape index (κ1) is 23.9. The molecule has 0 radical (unpaired) electrons. The molecule has 0 bridgehead atoms. The molecule has 2 aromatic heterocycles. The Bertz CT molecular complexity index is 1350. The molecule has 9 nitrogen and oxygen atoms in total. The smallest absolute Gasteiger partial charge is 0.290 e. The van der Waals surface area contributed by atoms with Gasteiger partial charge in [0, 0.05) is 24.2 Å². The summed E-state index contributed by atoms with van der Waals surface area (Å²) in [5.74, 6) is 2.67. The van der Waals surface area contributed by atoms with Crippen LogP contribution in [0.1, 0.15) is 23.6 Å². The number of benzene rings is 2. The molecule has 35 heavy (non-hydrogen) atoms. The van der Waals surface area contributed by atoms with E-state index in [0.717, 1.165) is 70.0 Å². The van der Waals surface area contributed by atoms with Gasteiger partial charge in [-0.05, 0) is 54.3 Å². The number of anilines is 1. The number of fused-ring (bicyclic) bond motifs is 2. The van der Waals surface area contributed by atoms with Gasteiger partial charge in [-0.25, -0.2) is 4.98 Å². The number of nitrogens with one attached hydrogen (secondary N) is 1. The molecule has 9 heteroatoms. The number of carboxylic acid groups (broad SMARTS) is 1. The summed E-state index contributed by atoms with van der Waals surface area (Å²) in [6, 6.07) is 11.6. The maximum absolute atomic E-state index is 9.93. The number of hydrogen-bond acceptors (Lipinski definition) is 7. The first-order valence-corrected chi connectivity index (χ1v) is 11.3. The van der Waals surface area contributed by atoms with Crippen molar-refractivity contribution < 1.29 is 24.5 Å². The van der Waals surface area contributed by atoms with Crippen molar-refractivity contribution in [3.8, 4) is 28.5 Å². The molecule has 0 atom stereocenters. The van der Waals surface area contributed by atoms with E-state index in [-0.39, 0.29) is 12.2 Å². The van der Waals surface area contributed by atoms with Gasteiger partial charge in [0.2, 0.25) is 0 Å². The molecule has 2 aromatic carbocycles. The maximum Gasteiger partial charge on any atom is 0.290 e. The highest BCUT2D eigenvalue weighted by molar-refractivity contribution is 5.92. The second kappa shape index (κ2) is 10.3. The number of ether oxygens (including phenoxy) is 2. The highest BCUT2D eigenvalue weighted by atomic mass is 16.5. The number of pyridine rings is 1. The second-order valence-corrected chi connectivity index (χ2v) is 8.07. The van der Waals surface area contributed by atoms with Crippen molar-refractivity contribution in [1.82, 2.24) is 15.2 Å². The van der Waals surface area contributed by atoms with Gasteiger partial charge in [0.15, 0.2) is 11.5 Å². The van der Waals surface area contributed by atoms with Gasteiger partial charge in [-0.15, -0.1) is 0 Å². The minimum atomic E-state index is -0.250. The second-order valence-electron chi connectivity index (χ2n) is 8.07. The number of H-pyrrole nitrogens is 1. The van der Waals surface area contributed by atoms with Crippen molar-refractivity contribution in [2.24, 2.45) is 0 Å². The van der Waals surface area contributed by atoms with E-state index in [1.807, 2.05) is 30.5 Å². The Balaban J connectivity index is 0.000000917. The molecular formula is C26H28N4O5. The van der Waals surface area contributed by atoms with Crippen LogP contribution < -0.4 is 14.4 Å². The zero-order valence-electron chi connectivity index (χ0n) is 19.9. The maximum atomic E-state index is 9.93. The van der Waals surface area contributed by atoms with Crippen molar-refractivity contribution in [3.63, 3.8) is 0 Å². The number of methoxy groups -OCH3 is 2. The Morgan fingerprint density at radius 3 is 2.69 bits per heavy atom. The number of hydrogen-bond donors (Lipinski definition) is 3. The lowest BCUT2D eigenvalue weighted by Gasteiger charge is -2.32. The van der Waals surface area contributed by atoms with Gasteiger partial charge in [0.05, 0.1) is 37.0 Å². The Kier molecular flexibility index (Phi) is 7.05. The van der Waals surface area contributed by atoms with Crippen molar-refractivity contribution in [3.05, 3.63) is 59.3 Å². The van der Waals surface area contributed by atoms with Crippen LogP contribution in [0.5, 0.6) is 17.2 Å². The Morgan fingerprint density at radius 1 is 1.17 bits per heavy atom. The third-order valence-corrected chi connectivity index (χ3v) is 6.21. The summed E-state index contributed by atoms with van der Waals surface area (Å²) >= 11 is 0. The van der Waals surface area contributed by atoms with Crippen LogP contribution in [0.4, 0.5) is 5.82 Å². The van der Waals surface area contributed by atoms with E-state index >= 15 is 0 Å². The molecule has 1 aliphatic heterocycles. The summed E-state index contributed by atoms with van der Waals surface area (Å²) in [5, 5.41) is 25.2. The molecule has 0 amide bonds. The van der Waals surface area contributed by atoms with E-state index in [0.29, 0.717) is 6.54 Å². The standard InChI is InChI=1S/C25H26N4O3.CH2O2/c1-4-15-11-17(30)6-7-18(15)21-12-22-19(13-26-28-22)25(27-21)29-10-9-16-5-8-23(31-2)24(32-3)20(16)14-29;2-1-3/h5-8,11-13,30H,4,9-10,14H2,1-3H3,(H,26,28);1H,(H,2,3). The molecule has 4 aromatic rings. The average molecular weight is 477 g/mol. The third kappa shape index (κ3) is 4.57. The number of aryl methyl sites for hydroxylation is 1. The number of aromatic hydroxyl groups is 1. The van der Waals surface area contributed by atoms with Gasteiger partial charge in [0.1, 0.15) is 11.6 Å². The minimum absolute atomic E-state index is 0.250. The summed E-state index contributed by atoms with van der Waals surface area (Å²) in [4.78, 5) is 15.7. The van der Waals surface area contributed by atoms with Crippen LogP contribution in [0.2, 0.25) is 0 Å². The predicted octanol–water partition coefficient (Wildman–Crippen LogP) is 4.17. The molecule has 0 saturated heterocycles. The third-order valence-electron chi connectivity index (χ3n) is 6.21. The molecule has 0 unspecified atom stereocenters. The van der Waals surface area contributed by atoms with Crippen LogP contribution in [0, 0.1) is 0 Å². The van der Waals surface area contributed by atoms with Gasteiger partial charge < -0.3 is 24.6 Å². The minimum Gasteiger partial charge on any atom is -0.508 e. The first-order chi connectivity index (χ1) is 17.0. The normalized spacial score (nSPS) is 12.5. The lowest BCUT2D eigenvalue weighted by atomic mass is 9.97. The number of phenolic OH excluding ortho intramolecular Hbond substituents is 1. The summed E-state index contributed by atoms with van der Waals surface area (Å²) in [6.07, 6.45) is 3.52. The largest absolute Gasteiger partial charge is 0.508 e. The number of aromatic nitrogens is 3. The summed E-state index contributed by atoms with van der Waals surface area (Å²) in [7, 11) is 3.34. The number of carbonyl (C=O) groups is 1. The fourth-order valence-corrected chi connectivity index (χ4v) is 4.57. The topological polar surface area (TPSA) is 121 Å². The van der Waals surface area contributed by atoms with Crippen LogP contribution in [0.25, 0.3) is 22.2 Å². The van der Waals surface area contributed by atoms with Crippen LogP contribution in [0.15, 0.2) is 42.6 Å². The van der Waals surface area contributed by atoms with E-state index in [1.54, 1.807) is 20.3 Å². The number of aromatic amines is 1. The van der Waals surface area contributed by atoms with Crippen molar-refractivity contribution >= 4 is 23.2 Å². The molecule has 0 aliphatic carbocycles. The molecule has 3 heterocycles. The van der Waals surface area contributed by atoms with Crippen LogP contribution in [-0.4, -0.2) is 52.6 Å². The van der Waals surface area contributed by atoms with E-state index in [2.05, 4.69) is 28.1 Å². The highest BCUT2D eigenvalue weighted by Crippen LogP contribution is 2.39. The monoisotopic (exact) mass is 476 g/mol. The van der Waals surface area contributed by atoms with Crippen molar-refractivity contribution in [1.29, 1.82) is 0 Å². The van der Waals surface area contributed by atoms with Gasteiger partial charge in [-0.3, -0.25) is 9.89 Å². The van der Waals surface area contributed by atoms with Gasteiger partial charge in [-0.2, -0.15) is 5.10 Å². The fourth-order valence-electron chi connectivity index (χ4n) is 4.57. The van der Waals surface area contributed by atoms with Crippen LogP contribution >= 0.6 is 0 Å². The van der Waals surface area contributed by atoms with Crippen molar-refractivity contribution in [2.45, 2.75) is 26.3 Å². The lowest BCUT2D eigenvalue weighted by molar-refractivity contribution is -0.122. The number of phenols is 1. The van der Waals surface area contributed by atoms with Gasteiger partial charge in [0.25, 0.3) is 6.47 Å². The number of rotatable bonds is 5. The molecule has 1 aliphatic rings. The molecule has 0 fully saturated rings. The zero-order chi connectivity index (χ0) is 24.9. The Labute approximate surface area is 203 Å². The Hall–Kier alpha value is -4.27. The highest BCUT2D eigenvalue weighted by Gasteiger charge is 2.25. The van der Waals surface area contributed by atoms with Crippen LogP contribution in [0.3, 0.4) is 0 Å². The van der Waals surface area contributed by atoms with E-state index in [1.165, 1.54) is 5.56 Å². The van der Waals surface area contributed by atoms with E-state index in [4.69, 9.17) is 24.4 Å². The van der Waals surface area contributed by atoms with Crippen LogP contribution in [-0.2, 0) is 24.2 Å². The summed E-state index contributed by atoms with van der Waals surface area (Å²) < 4.78 is 11.2. The average Bonchev–Trinajstić information content (AvgIpc) is 3.36. The quantitative estimate of drug-likeness (QED) is 0.367. The molecular weight excluding hydrogens is 448 g/mol. The molecule has 3 N–H and O–H groups in total. The van der Waals surface area contributed by atoms with Crippen molar-refractivity contribution in [2.75, 3.05) is 25.7 Å². The molecule has 5 rings (SSSR count). The fraction of sp³-hybridized carbons (Fsp3) is 0.269. The number of nitrogens with zero attached hydrogens (tertiary/aromatic N) is 3. The summed E-state index contributed by atoms with van der Waals surface area (Å²) in [5.41, 5.74) is 6.25. The summed E-state index contributed by atoms with van der Waals surface area (Å²) in [6.45, 7) is 3.34. The lowest BCUT2D eigenvalue weighted by Crippen LogP contribution is -2.31. The predicted molar refractivity (Wildman–Crippen MR) is 133 cm³/mol. The Morgan fingerprint density at radius 2 is 1.97 bits per heavy atom. The molecule has 182 valence electrons. The van der Waals surface area contributed by atoms with E-state index in [9.17, 15) is 5.11 Å². The molecule has 0 spiro atoms. The zero-order valence-corrected chi connectivity index (χ0v) is 19.9. The van der Waals surface area contributed by atoms with Gasteiger partial charge >= 0.3 is 0 Å². The SMILES string of the molecule is CCc1cc(O)ccc1-c1cc2[nH]ncc2c(N2CCc3ccc(OC)c(OC)c3C2)n1.O=CO. The molecule has 0 saturated carbocycles. The van der Waals surface area contributed by atoms with Gasteiger partial charge in [-0.1, -0.05) is 13.0 Å². The van der Waals surface area contributed by atoms with E-state index < -0.39 is 0 Å². The first-order valence-electron chi connectivity index (χ1n) is 11.3.